The number of nitrogens with zero attached hydrogens (tertiary/aromatic N) is 3. The van der Waals surface area contributed by atoms with Crippen molar-refractivity contribution in [2.75, 3.05) is 45.2 Å². The van der Waals surface area contributed by atoms with Crippen LogP contribution in [-0.4, -0.2) is 91.4 Å². The summed E-state index contributed by atoms with van der Waals surface area (Å²) >= 11 is 0. The molecular formula is C50H55N9O7. The van der Waals surface area contributed by atoms with Crippen LogP contribution in [0.1, 0.15) is 65.3 Å². The molecule has 8 N–H and O–H groups in total. The average Bonchev–Trinajstić information content (AvgIpc) is 3.33. The lowest BCUT2D eigenvalue weighted by atomic mass is 9.93. The van der Waals surface area contributed by atoms with Gasteiger partial charge in [0.05, 0.1) is 17.8 Å². The van der Waals surface area contributed by atoms with Crippen molar-refractivity contribution in [2.24, 2.45) is 11.5 Å². The second kappa shape index (κ2) is 22.8. The van der Waals surface area contributed by atoms with Crippen molar-refractivity contribution in [1.29, 1.82) is 5.26 Å². The van der Waals surface area contributed by atoms with E-state index in [-0.39, 0.29) is 44.0 Å². The first kappa shape index (κ1) is 47.9. The van der Waals surface area contributed by atoms with Gasteiger partial charge in [-0.3, -0.25) is 29.0 Å². The first-order valence-corrected chi connectivity index (χ1v) is 21.9. The van der Waals surface area contributed by atoms with Gasteiger partial charge in [-0.1, -0.05) is 61.9 Å². The summed E-state index contributed by atoms with van der Waals surface area (Å²) in [5, 5.41) is 20.5. The number of amides is 5. The van der Waals surface area contributed by atoms with Crippen molar-refractivity contribution in [1.82, 2.24) is 25.8 Å². The third-order valence-corrected chi connectivity index (χ3v) is 11.1. The van der Waals surface area contributed by atoms with E-state index in [4.69, 9.17) is 20.9 Å². The van der Waals surface area contributed by atoms with E-state index in [9.17, 15) is 29.2 Å². The molecular weight excluding hydrogens is 839 g/mol. The number of pyridine rings is 1. The lowest BCUT2D eigenvalue weighted by Crippen LogP contribution is -2.54. The molecule has 16 heteroatoms. The van der Waals surface area contributed by atoms with Crippen LogP contribution in [0.3, 0.4) is 0 Å². The molecule has 0 spiro atoms. The van der Waals surface area contributed by atoms with Crippen LogP contribution in [0, 0.1) is 11.3 Å². The molecule has 0 unspecified atom stereocenters. The first-order chi connectivity index (χ1) is 31.9. The van der Waals surface area contributed by atoms with E-state index in [2.05, 4.69) is 57.4 Å². The lowest BCUT2D eigenvalue weighted by molar-refractivity contribution is -0.139. The topological polar surface area (TPSA) is 244 Å². The number of rotatable bonds is 16. The van der Waals surface area contributed by atoms with Crippen LogP contribution in [0.4, 0.5) is 5.69 Å². The number of aromatic nitrogens is 1. The molecule has 342 valence electrons. The third-order valence-electron chi connectivity index (χ3n) is 11.1. The molecule has 4 aromatic carbocycles. The minimum absolute atomic E-state index is 0.0171. The molecule has 5 amide bonds. The predicted molar refractivity (Wildman–Crippen MR) is 250 cm³/mol. The number of benzene rings is 4. The Morgan fingerprint density at radius 2 is 1.52 bits per heavy atom. The zero-order valence-electron chi connectivity index (χ0n) is 37.3. The van der Waals surface area contributed by atoms with E-state index in [0.717, 1.165) is 30.4 Å². The fourth-order valence-corrected chi connectivity index (χ4v) is 7.48. The highest BCUT2D eigenvalue weighted by Crippen LogP contribution is 2.40. The SMILES string of the molecule is CCCCc1ccc(-c2ccc(C(=O)NCC(=O)N(C)[C@@H]3C(=O)N[C@@H](C)C(=O)N[C@H](C(=O)Nc4ccncc4C#N)Cc4ccc(OCCN)c(c4)-c4cc3ccc4OCCN)cc2)cc1. The van der Waals surface area contributed by atoms with Gasteiger partial charge >= 0.3 is 0 Å². The summed E-state index contributed by atoms with van der Waals surface area (Å²) < 4.78 is 12.2. The molecule has 0 radical (unpaired) electrons. The first-order valence-electron chi connectivity index (χ1n) is 21.9. The molecule has 1 aromatic heterocycles. The van der Waals surface area contributed by atoms with Gasteiger partial charge in [-0.05, 0) is 90.0 Å². The van der Waals surface area contributed by atoms with Gasteiger partial charge in [-0.25, -0.2) is 0 Å². The smallest absolute Gasteiger partial charge is 0.251 e. The number of nitrogens with one attached hydrogen (secondary N) is 4. The number of likely N-dealkylation sites (N-methyl/N-ethyl adjacent to an activating group) is 1. The minimum atomic E-state index is -1.34. The Morgan fingerprint density at radius 3 is 2.17 bits per heavy atom. The highest BCUT2D eigenvalue weighted by atomic mass is 16.5. The number of carbonyl (C=O) groups excluding carboxylic acids is 5. The number of hydrogen-bond donors (Lipinski definition) is 6. The monoisotopic (exact) mass is 893 g/mol. The highest BCUT2D eigenvalue weighted by molar-refractivity contribution is 6.00. The molecule has 1 aliphatic rings. The summed E-state index contributed by atoms with van der Waals surface area (Å²) in [4.78, 5) is 74.8. The number of carbonyl (C=O) groups is 5. The normalized spacial score (nSPS) is 15.8. The molecule has 0 fully saturated rings. The number of anilines is 1. The van der Waals surface area contributed by atoms with Gasteiger partial charge in [-0.2, -0.15) is 5.26 Å². The summed E-state index contributed by atoms with van der Waals surface area (Å²) in [6.45, 7) is 3.86. The molecule has 16 nitrogen and oxygen atoms in total. The third kappa shape index (κ3) is 11.9. The Hall–Kier alpha value is -7.61. The molecule has 66 heavy (non-hydrogen) atoms. The van der Waals surface area contributed by atoms with E-state index in [1.807, 2.05) is 18.2 Å². The van der Waals surface area contributed by atoms with Crippen LogP contribution in [0.5, 0.6) is 11.5 Å². The standard InChI is InChI=1S/C50H55N9O7/c1-4-5-6-32-7-10-34(11-8-32)35-12-14-36(15-13-35)48(62)55-30-45(60)59(3)46-37-16-18-44(66-24-21-52)40(27-37)39-25-33(9-17-43(39)65-23-20-51)26-42(58-47(61)31(2)56-50(46)64)49(63)57-41-19-22-54-29-38(41)28-53/h7-19,22,25,27,29,31,42,46H,4-6,20-21,23-24,26,30,51-52H2,1-3H3,(H,55,62)(H,56,64)(H,58,61)(H,54,57,63)/t31-,42-,46-/m0/s1. The van der Waals surface area contributed by atoms with E-state index >= 15 is 0 Å². The number of aryl methyl sites for hydroxylation is 1. The van der Waals surface area contributed by atoms with E-state index < -0.39 is 54.2 Å². The van der Waals surface area contributed by atoms with Crippen molar-refractivity contribution >= 4 is 35.2 Å². The van der Waals surface area contributed by atoms with Crippen molar-refractivity contribution in [3.63, 3.8) is 0 Å². The maximum atomic E-state index is 14.5. The molecule has 0 aliphatic carbocycles. The van der Waals surface area contributed by atoms with Gasteiger partial charge in [0.15, 0.2) is 0 Å². The summed E-state index contributed by atoms with van der Waals surface area (Å²) in [5.74, 6) is -2.36. The summed E-state index contributed by atoms with van der Waals surface area (Å²) in [6, 6.07) is 25.4. The largest absolute Gasteiger partial charge is 0.492 e. The second-order valence-electron chi connectivity index (χ2n) is 15.8. The Morgan fingerprint density at radius 1 is 0.864 bits per heavy atom. The fourth-order valence-electron chi connectivity index (χ4n) is 7.48. The van der Waals surface area contributed by atoms with E-state index in [1.165, 1.54) is 42.9 Å². The minimum Gasteiger partial charge on any atom is -0.492 e. The maximum Gasteiger partial charge on any atom is 0.251 e. The predicted octanol–water partition coefficient (Wildman–Crippen LogP) is 4.42. The van der Waals surface area contributed by atoms with Crippen LogP contribution >= 0.6 is 0 Å². The van der Waals surface area contributed by atoms with Crippen LogP contribution in [-0.2, 0) is 32.0 Å². The summed E-state index contributed by atoms with van der Waals surface area (Å²) in [6.07, 6.45) is 5.98. The fraction of sp³-hybridized carbons (Fsp3) is 0.300. The number of unbranched alkanes of at least 4 members (excludes halogenated alkanes) is 1. The Balaban J connectivity index is 1.31. The van der Waals surface area contributed by atoms with Gasteiger partial charge in [0.1, 0.15) is 48.9 Å². The molecule has 0 saturated carbocycles. The highest BCUT2D eigenvalue weighted by Gasteiger charge is 2.34. The summed E-state index contributed by atoms with van der Waals surface area (Å²) in [5.41, 5.74) is 17.5. The molecule has 6 rings (SSSR count). The molecule has 2 heterocycles. The number of ether oxygens (including phenoxy) is 2. The second-order valence-corrected chi connectivity index (χ2v) is 15.8. The molecule has 5 aromatic rings. The number of nitrogens with two attached hydrogens (primary N) is 2. The van der Waals surface area contributed by atoms with Gasteiger partial charge < -0.3 is 47.1 Å². The number of hydrogen-bond acceptors (Lipinski definition) is 11. The van der Waals surface area contributed by atoms with Gasteiger partial charge in [0.25, 0.3) is 5.91 Å². The van der Waals surface area contributed by atoms with Crippen molar-refractivity contribution in [3.8, 4) is 39.8 Å². The Labute approximate surface area is 384 Å². The quantitative estimate of drug-likeness (QED) is 0.0810. The molecule has 3 atom stereocenters. The lowest BCUT2D eigenvalue weighted by Gasteiger charge is -2.30. The van der Waals surface area contributed by atoms with Crippen LogP contribution < -0.4 is 42.2 Å². The Kier molecular flexibility index (Phi) is 16.6. The van der Waals surface area contributed by atoms with Gasteiger partial charge in [0, 0.05) is 55.6 Å². The number of fused-ring (bicyclic) bond motifs is 5. The number of nitriles is 1. The van der Waals surface area contributed by atoms with Gasteiger partial charge in [-0.15, -0.1) is 0 Å². The molecule has 0 saturated heterocycles. The zero-order chi connectivity index (χ0) is 47.2. The van der Waals surface area contributed by atoms with Crippen LogP contribution in [0.15, 0.2) is 103 Å². The zero-order valence-corrected chi connectivity index (χ0v) is 37.3. The van der Waals surface area contributed by atoms with Crippen molar-refractivity contribution in [3.05, 3.63) is 131 Å². The van der Waals surface area contributed by atoms with E-state index in [1.54, 1.807) is 48.5 Å². The molecule has 4 bridgehead atoms. The maximum absolute atomic E-state index is 14.5. The van der Waals surface area contributed by atoms with Crippen molar-refractivity contribution < 1.29 is 33.4 Å². The van der Waals surface area contributed by atoms with Gasteiger partial charge in [0.2, 0.25) is 23.6 Å². The van der Waals surface area contributed by atoms with Crippen LogP contribution in [0.2, 0.25) is 0 Å². The van der Waals surface area contributed by atoms with Crippen LogP contribution in [0.25, 0.3) is 22.3 Å². The Bertz CT molecular complexity index is 2580. The molecule has 1 aliphatic heterocycles. The average molecular weight is 894 g/mol. The van der Waals surface area contributed by atoms with E-state index in [0.29, 0.717) is 39.3 Å². The summed E-state index contributed by atoms with van der Waals surface area (Å²) in [7, 11) is 1.43. The van der Waals surface area contributed by atoms with Crippen molar-refractivity contribution in [2.45, 2.75) is 57.7 Å².